The number of rotatable bonds is 6. The molecule has 1 aliphatic heterocycles. The van der Waals surface area contributed by atoms with Crippen LogP contribution in [0.2, 0.25) is 0 Å². The van der Waals surface area contributed by atoms with Crippen molar-refractivity contribution in [2.75, 3.05) is 24.6 Å². The van der Waals surface area contributed by atoms with E-state index in [1.807, 2.05) is 11.0 Å². The molecule has 2 heterocycles. The van der Waals surface area contributed by atoms with Gasteiger partial charge in [0.15, 0.2) is 9.84 Å². The zero-order valence-electron chi connectivity index (χ0n) is 13.4. The Balaban J connectivity index is 1.68. The molecule has 0 bridgehead atoms. The highest BCUT2D eigenvalue weighted by Crippen LogP contribution is 2.23. The average molecular weight is 340 g/mol. The molecule has 3 rings (SSSR count). The van der Waals surface area contributed by atoms with E-state index in [2.05, 4.69) is 10.4 Å². The Hall–Kier alpha value is -1.41. The van der Waals surface area contributed by atoms with Gasteiger partial charge in [0.1, 0.15) is 6.04 Å². The number of aromatic nitrogens is 2. The molecule has 2 aliphatic rings. The third-order valence-corrected chi connectivity index (χ3v) is 6.46. The first-order valence-corrected chi connectivity index (χ1v) is 10.1. The number of fused-ring (bicyclic) bond motifs is 1. The first kappa shape index (κ1) is 16.4. The Morgan fingerprint density at radius 3 is 2.87 bits per heavy atom. The fraction of sp³-hybridized carbons (Fsp3) is 0.733. The van der Waals surface area contributed by atoms with E-state index in [1.165, 1.54) is 6.42 Å². The highest BCUT2D eigenvalue weighted by atomic mass is 32.2. The van der Waals surface area contributed by atoms with Crippen LogP contribution in [-0.2, 0) is 21.2 Å². The predicted molar refractivity (Wildman–Crippen MR) is 86.7 cm³/mol. The standard InChI is InChI=1S/C15H24N4O3S/c1-2-23(21,22)9-8-18-10-13-6-7-16-19(13)14(11-18)15(20)17-12-4-3-5-12/h6-7,12,14H,2-5,8-11H2,1H3,(H,17,20). The summed E-state index contributed by atoms with van der Waals surface area (Å²) < 4.78 is 25.2. The molecule has 0 radical (unpaired) electrons. The van der Waals surface area contributed by atoms with Gasteiger partial charge in [-0.15, -0.1) is 0 Å². The maximum Gasteiger partial charge on any atom is 0.246 e. The van der Waals surface area contributed by atoms with Gasteiger partial charge < -0.3 is 5.32 Å². The summed E-state index contributed by atoms with van der Waals surface area (Å²) in [5, 5.41) is 7.36. The molecule has 23 heavy (non-hydrogen) atoms. The first-order valence-electron chi connectivity index (χ1n) is 8.24. The van der Waals surface area contributed by atoms with Crippen LogP contribution >= 0.6 is 0 Å². The Labute approximate surface area is 137 Å². The largest absolute Gasteiger partial charge is 0.351 e. The van der Waals surface area contributed by atoms with Gasteiger partial charge >= 0.3 is 0 Å². The summed E-state index contributed by atoms with van der Waals surface area (Å²) in [4.78, 5) is 14.6. The molecule has 1 amide bonds. The van der Waals surface area contributed by atoms with E-state index in [9.17, 15) is 13.2 Å². The molecule has 0 spiro atoms. The van der Waals surface area contributed by atoms with E-state index in [0.717, 1.165) is 18.5 Å². The van der Waals surface area contributed by atoms with Crippen molar-refractivity contribution >= 4 is 15.7 Å². The van der Waals surface area contributed by atoms with Crippen LogP contribution in [0.4, 0.5) is 0 Å². The Bertz CT molecular complexity index is 666. The third kappa shape index (κ3) is 3.74. The normalized spacial score (nSPS) is 22.4. The summed E-state index contributed by atoms with van der Waals surface area (Å²) in [6.45, 7) is 3.25. The van der Waals surface area contributed by atoms with Crippen molar-refractivity contribution in [2.24, 2.45) is 0 Å². The molecule has 1 fully saturated rings. The second-order valence-corrected chi connectivity index (χ2v) is 8.86. The van der Waals surface area contributed by atoms with Crippen LogP contribution in [0.15, 0.2) is 12.3 Å². The van der Waals surface area contributed by atoms with Crippen molar-refractivity contribution in [3.05, 3.63) is 18.0 Å². The van der Waals surface area contributed by atoms with Crippen molar-refractivity contribution in [1.82, 2.24) is 20.0 Å². The lowest BCUT2D eigenvalue weighted by Gasteiger charge is -2.35. The van der Waals surface area contributed by atoms with Crippen LogP contribution in [-0.4, -0.2) is 59.6 Å². The molecular weight excluding hydrogens is 316 g/mol. The second kappa shape index (κ2) is 6.60. The van der Waals surface area contributed by atoms with E-state index in [-0.39, 0.29) is 29.5 Å². The van der Waals surface area contributed by atoms with Gasteiger partial charge in [-0.3, -0.25) is 14.4 Å². The van der Waals surface area contributed by atoms with Crippen LogP contribution in [0.5, 0.6) is 0 Å². The van der Waals surface area contributed by atoms with Crippen molar-refractivity contribution in [2.45, 2.75) is 44.8 Å². The van der Waals surface area contributed by atoms with Crippen molar-refractivity contribution in [3.8, 4) is 0 Å². The molecule has 1 atom stereocenters. The molecule has 0 aromatic carbocycles. The maximum absolute atomic E-state index is 12.5. The summed E-state index contributed by atoms with van der Waals surface area (Å²) in [6.07, 6.45) is 4.96. The minimum absolute atomic E-state index is 0.0114. The average Bonchev–Trinajstić information content (AvgIpc) is 2.96. The summed E-state index contributed by atoms with van der Waals surface area (Å²) in [5.74, 6) is 0.279. The molecule has 128 valence electrons. The smallest absolute Gasteiger partial charge is 0.246 e. The lowest BCUT2D eigenvalue weighted by molar-refractivity contribution is -0.127. The molecule has 1 saturated carbocycles. The molecule has 1 aromatic heterocycles. The molecule has 8 heteroatoms. The number of carbonyl (C=O) groups is 1. The van der Waals surface area contributed by atoms with Gasteiger partial charge in [0.2, 0.25) is 5.91 Å². The zero-order valence-corrected chi connectivity index (χ0v) is 14.3. The van der Waals surface area contributed by atoms with Gasteiger partial charge in [-0.25, -0.2) is 8.42 Å². The number of amides is 1. The second-order valence-electron chi connectivity index (χ2n) is 6.39. The number of carbonyl (C=O) groups excluding carboxylic acids is 1. The SMILES string of the molecule is CCS(=O)(=O)CCN1Cc2ccnn2C(C(=O)NC2CCC2)C1. The zero-order chi connectivity index (χ0) is 16.4. The molecule has 0 saturated heterocycles. The summed E-state index contributed by atoms with van der Waals surface area (Å²) in [7, 11) is -3.00. The highest BCUT2D eigenvalue weighted by molar-refractivity contribution is 7.91. The minimum Gasteiger partial charge on any atom is -0.351 e. The van der Waals surface area contributed by atoms with Crippen LogP contribution in [0, 0.1) is 0 Å². The molecular formula is C15H24N4O3S. The number of sulfone groups is 1. The lowest BCUT2D eigenvalue weighted by Crippen LogP contribution is -2.49. The predicted octanol–water partition coefficient (Wildman–Crippen LogP) is 0.343. The maximum atomic E-state index is 12.5. The van der Waals surface area contributed by atoms with E-state index < -0.39 is 9.84 Å². The molecule has 1 N–H and O–H groups in total. The molecule has 1 aliphatic carbocycles. The quantitative estimate of drug-likeness (QED) is 0.807. The molecule has 1 unspecified atom stereocenters. The van der Waals surface area contributed by atoms with E-state index in [0.29, 0.717) is 19.6 Å². The minimum atomic E-state index is -3.00. The van der Waals surface area contributed by atoms with Gasteiger partial charge in [0.25, 0.3) is 0 Å². The van der Waals surface area contributed by atoms with Gasteiger partial charge in [0.05, 0.1) is 11.4 Å². The number of nitrogens with one attached hydrogen (secondary N) is 1. The monoisotopic (exact) mass is 340 g/mol. The molecule has 1 aromatic rings. The van der Waals surface area contributed by atoms with Crippen molar-refractivity contribution < 1.29 is 13.2 Å². The first-order chi connectivity index (χ1) is 11.0. The Kier molecular flexibility index (Phi) is 4.72. The van der Waals surface area contributed by atoms with Crippen LogP contribution < -0.4 is 5.32 Å². The summed E-state index contributed by atoms with van der Waals surface area (Å²) in [5.41, 5.74) is 0.957. The van der Waals surface area contributed by atoms with Gasteiger partial charge in [0, 0.05) is 37.6 Å². The topological polar surface area (TPSA) is 84.3 Å². The van der Waals surface area contributed by atoms with Crippen molar-refractivity contribution in [3.63, 3.8) is 0 Å². The molecule has 7 nitrogen and oxygen atoms in total. The van der Waals surface area contributed by atoms with Gasteiger partial charge in [-0.05, 0) is 25.3 Å². The van der Waals surface area contributed by atoms with Gasteiger partial charge in [-0.2, -0.15) is 5.10 Å². The van der Waals surface area contributed by atoms with Crippen LogP contribution in [0.25, 0.3) is 0 Å². The van der Waals surface area contributed by atoms with E-state index >= 15 is 0 Å². The number of nitrogens with zero attached hydrogens (tertiary/aromatic N) is 3. The summed E-state index contributed by atoms with van der Waals surface area (Å²) >= 11 is 0. The fourth-order valence-electron chi connectivity index (χ4n) is 2.99. The fourth-order valence-corrected chi connectivity index (χ4v) is 3.81. The van der Waals surface area contributed by atoms with Gasteiger partial charge in [-0.1, -0.05) is 6.92 Å². The Morgan fingerprint density at radius 2 is 2.22 bits per heavy atom. The Morgan fingerprint density at radius 1 is 1.43 bits per heavy atom. The third-order valence-electron chi connectivity index (χ3n) is 4.78. The van der Waals surface area contributed by atoms with Crippen molar-refractivity contribution in [1.29, 1.82) is 0 Å². The van der Waals surface area contributed by atoms with Crippen LogP contribution in [0.1, 0.15) is 37.9 Å². The van der Waals surface area contributed by atoms with E-state index in [4.69, 9.17) is 0 Å². The number of hydrogen-bond acceptors (Lipinski definition) is 5. The highest BCUT2D eigenvalue weighted by Gasteiger charge is 2.33. The lowest BCUT2D eigenvalue weighted by atomic mass is 9.93. The van der Waals surface area contributed by atoms with Crippen LogP contribution in [0.3, 0.4) is 0 Å². The van der Waals surface area contributed by atoms with E-state index in [1.54, 1.807) is 17.8 Å². The number of hydrogen-bond donors (Lipinski definition) is 1. The summed E-state index contributed by atoms with van der Waals surface area (Å²) in [6, 6.07) is 1.81.